The van der Waals surface area contributed by atoms with Gasteiger partial charge < -0.3 is 15.1 Å². The average molecular weight is 443 g/mol. The van der Waals surface area contributed by atoms with E-state index in [1.165, 1.54) is 0 Å². The summed E-state index contributed by atoms with van der Waals surface area (Å²) in [4.78, 5) is 37.1. The Morgan fingerprint density at radius 2 is 1.22 bits per heavy atom. The molecule has 1 atom stereocenters. The zero-order chi connectivity index (χ0) is 20.4. The highest BCUT2D eigenvalue weighted by molar-refractivity contribution is 7.60. The quantitative estimate of drug-likeness (QED) is 0.397. The molecular formula is C13H24N3O8P3. The molecule has 1 rings (SSSR count). The van der Waals surface area contributed by atoms with E-state index in [1.807, 2.05) is 0 Å². The summed E-state index contributed by atoms with van der Waals surface area (Å²) in [5.74, 6) is -2.02. The predicted molar refractivity (Wildman–Crippen MR) is 98.3 cm³/mol. The maximum atomic E-state index is 12.4. The Balaban J connectivity index is 2.82. The summed E-state index contributed by atoms with van der Waals surface area (Å²) in [6.07, 6.45) is -0.590. The fourth-order valence-corrected chi connectivity index (χ4v) is 6.49. The molecule has 1 saturated heterocycles. The van der Waals surface area contributed by atoms with Gasteiger partial charge >= 0.3 is 11.9 Å². The summed E-state index contributed by atoms with van der Waals surface area (Å²) in [7, 11) is -4.69. The number of carboxylic acids is 2. The van der Waals surface area contributed by atoms with Crippen LogP contribution in [0.2, 0.25) is 0 Å². The van der Waals surface area contributed by atoms with Crippen molar-refractivity contribution in [2.45, 2.75) is 5.40 Å². The van der Waals surface area contributed by atoms with Gasteiger partial charge in [0.2, 0.25) is 7.37 Å². The molecule has 1 fully saturated rings. The number of carboxylic acid groups (broad SMARTS) is 2. The topological polar surface area (TPSA) is 156 Å². The molecule has 14 heteroatoms. The molecule has 27 heavy (non-hydrogen) atoms. The molecule has 0 radical (unpaired) electrons. The second-order valence-corrected chi connectivity index (χ2v) is 10.7. The van der Waals surface area contributed by atoms with E-state index >= 15 is 0 Å². The van der Waals surface area contributed by atoms with Gasteiger partial charge in [0.05, 0.1) is 25.5 Å². The minimum Gasteiger partial charge on any atom is -0.480 e. The summed E-state index contributed by atoms with van der Waals surface area (Å²) < 4.78 is 34.2. The number of hydrogen-bond donors (Lipinski definition) is 3. The van der Waals surface area contributed by atoms with Gasteiger partial charge in [-0.3, -0.25) is 38.0 Å². The van der Waals surface area contributed by atoms with Gasteiger partial charge in [-0.1, -0.05) is 0 Å². The molecular weight excluding hydrogens is 419 g/mol. The van der Waals surface area contributed by atoms with Crippen molar-refractivity contribution in [1.29, 1.82) is 0 Å². The van der Waals surface area contributed by atoms with Gasteiger partial charge in [-0.25, -0.2) is 0 Å². The highest BCUT2D eigenvalue weighted by atomic mass is 31.2. The Hall–Kier alpha value is -0.790. The van der Waals surface area contributed by atoms with Crippen LogP contribution in [0, 0.1) is 0 Å². The predicted octanol–water partition coefficient (Wildman–Crippen LogP) is 0.213. The van der Waals surface area contributed by atoms with Gasteiger partial charge in [0.1, 0.15) is 5.40 Å². The lowest BCUT2D eigenvalue weighted by molar-refractivity contribution is -0.140. The van der Waals surface area contributed by atoms with Crippen LogP contribution in [0.3, 0.4) is 0 Å². The molecule has 1 heterocycles. The number of aliphatic carboxylic acids is 2. The first kappa shape index (κ1) is 24.2. The summed E-state index contributed by atoms with van der Waals surface area (Å²) in [6.45, 7) is 1.66. The lowest BCUT2D eigenvalue weighted by Crippen LogP contribution is -2.40. The van der Waals surface area contributed by atoms with E-state index in [4.69, 9.17) is 10.2 Å². The van der Waals surface area contributed by atoms with Gasteiger partial charge in [-0.05, 0) is 0 Å². The maximum Gasteiger partial charge on any atom is 0.317 e. The van der Waals surface area contributed by atoms with Crippen molar-refractivity contribution in [2.75, 3.05) is 64.8 Å². The molecule has 0 amide bonds. The van der Waals surface area contributed by atoms with E-state index in [1.54, 1.807) is 14.7 Å². The van der Waals surface area contributed by atoms with E-state index in [0.717, 1.165) is 0 Å². The Labute approximate surface area is 160 Å². The highest BCUT2D eigenvalue weighted by Gasteiger charge is 2.29. The molecule has 1 aliphatic rings. The first-order valence-corrected chi connectivity index (χ1v) is 12.0. The minimum atomic E-state index is -3.75. The third-order valence-corrected chi connectivity index (χ3v) is 7.80. The molecule has 1 aliphatic heterocycles. The maximum absolute atomic E-state index is 12.4. The van der Waals surface area contributed by atoms with Crippen LogP contribution >= 0.6 is 24.3 Å². The number of nitrogens with zero attached hydrogens (tertiary/aromatic N) is 3. The van der Waals surface area contributed by atoms with Crippen molar-refractivity contribution in [1.82, 2.24) is 14.7 Å². The van der Waals surface area contributed by atoms with Crippen LogP contribution < -0.4 is 0 Å². The van der Waals surface area contributed by atoms with Gasteiger partial charge in [-0.15, -0.1) is 0 Å². The molecule has 3 N–H and O–H groups in total. The Kier molecular flexibility index (Phi) is 10.7. The van der Waals surface area contributed by atoms with Crippen LogP contribution in [0.15, 0.2) is 0 Å². The normalized spacial score (nSPS) is 21.8. The molecule has 0 aliphatic carbocycles. The zero-order valence-electron chi connectivity index (χ0n) is 14.7. The largest absolute Gasteiger partial charge is 0.480 e. The van der Waals surface area contributed by atoms with E-state index < -0.39 is 41.6 Å². The van der Waals surface area contributed by atoms with Crippen LogP contribution in [0.25, 0.3) is 0 Å². The fourth-order valence-electron chi connectivity index (χ4n) is 2.74. The standard InChI is InChI=1S/C13H24N3O8P3/c17-11(18)7-14-1-2-15(8-12(19)20)4-6-16(5-3-14)10-27(23,24)9-13(25-21)26-22/h13H,1-10H2,(H,17,18)(H,19,20)(H,23,24). The first-order chi connectivity index (χ1) is 12.6. The van der Waals surface area contributed by atoms with Crippen molar-refractivity contribution in [3.05, 3.63) is 0 Å². The second kappa shape index (κ2) is 11.9. The summed E-state index contributed by atoms with van der Waals surface area (Å²) in [5, 5.41) is 17.1. The van der Waals surface area contributed by atoms with Gasteiger partial charge in [0.15, 0.2) is 16.9 Å². The molecule has 0 saturated carbocycles. The van der Waals surface area contributed by atoms with E-state index in [0.29, 0.717) is 39.3 Å². The van der Waals surface area contributed by atoms with Crippen LogP contribution in [-0.2, 0) is 23.3 Å². The third-order valence-electron chi connectivity index (χ3n) is 4.03. The Bertz CT molecular complexity index is 557. The van der Waals surface area contributed by atoms with Crippen LogP contribution in [0.5, 0.6) is 0 Å². The molecule has 0 aromatic heterocycles. The Morgan fingerprint density at radius 1 is 0.852 bits per heavy atom. The van der Waals surface area contributed by atoms with Crippen LogP contribution in [-0.4, -0.2) is 112 Å². The molecule has 0 bridgehead atoms. The molecule has 1 unspecified atom stereocenters. The van der Waals surface area contributed by atoms with E-state index in [9.17, 15) is 28.2 Å². The van der Waals surface area contributed by atoms with E-state index in [-0.39, 0.29) is 25.5 Å². The van der Waals surface area contributed by atoms with Crippen molar-refractivity contribution in [3.63, 3.8) is 0 Å². The summed E-state index contributed by atoms with van der Waals surface area (Å²) >= 11 is 0. The fraction of sp³-hybridized carbons (Fsp3) is 0.846. The smallest absolute Gasteiger partial charge is 0.317 e. The average Bonchev–Trinajstić information content (AvgIpc) is 2.65. The van der Waals surface area contributed by atoms with E-state index in [2.05, 4.69) is 0 Å². The molecule has 0 aromatic rings. The minimum absolute atomic E-state index is 0.211. The first-order valence-electron chi connectivity index (χ1n) is 8.21. The third kappa shape index (κ3) is 10.4. The summed E-state index contributed by atoms with van der Waals surface area (Å²) in [6, 6.07) is 0. The highest BCUT2D eigenvalue weighted by Crippen LogP contribution is 2.45. The van der Waals surface area contributed by atoms with Crippen LogP contribution in [0.1, 0.15) is 0 Å². The second-order valence-electron chi connectivity index (χ2n) is 6.32. The lowest BCUT2D eigenvalue weighted by atomic mass is 10.4. The Morgan fingerprint density at radius 3 is 1.56 bits per heavy atom. The van der Waals surface area contributed by atoms with Crippen molar-refractivity contribution in [2.24, 2.45) is 0 Å². The number of rotatable bonds is 10. The van der Waals surface area contributed by atoms with Crippen molar-refractivity contribution < 1.29 is 38.4 Å². The van der Waals surface area contributed by atoms with Gasteiger partial charge in [0.25, 0.3) is 0 Å². The molecule has 0 aromatic carbocycles. The number of hydrogen-bond acceptors (Lipinski definition) is 8. The van der Waals surface area contributed by atoms with Crippen LogP contribution in [0.4, 0.5) is 0 Å². The lowest BCUT2D eigenvalue weighted by Gasteiger charge is -2.27. The monoisotopic (exact) mass is 443 g/mol. The SMILES string of the molecule is O=PC(CP(=O)(O)CN1CCN(CC(=O)O)CCN(CC(=O)O)CC1)P=O. The zero-order valence-corrected chi connectivity index (χ0v) is 17.4. The number of carbonyl (C=O) groups is 2. The van der Waals surface area contributed by atoms with Crippen molar-refractivity contribution >= 4 is 36.2 Å². The molecule has 154 valence electrons. The molecule has 11 nitrogen and oxygen atoms in total. The summed E-state index contributed by atoms with van der Waals surface area (Å²) in [5.41, 5.74) is 0. The van der Waals surface area contributed by atoms with Crippen molar-refractivity contribution in [3.8, 4) is 0 Å². The van der Waals surface area contributed by atoms with Gasteiger partial charge in [-0.2, -0.15) is 0 Å². The van der Waals surface area contributed by atoms with Gasteiger partial charge in [0, 0.05) is 39.3 Å². The molecule has 0 spiro atoms.